The van der Waals surface area contributed by atoms with Crippen LogP contribution in [0.2, 0.25) is 0 Å². The third-order valence-electron chi connectivity index (χ3n) is 6.17. The molecule has 3 heterocycles. The summed E-state index contributed by atoms with van der Waals surface area (Å²) in [5, 5.41) is 10.9. The molecule has 2 aliphatic heterocycles. The summed E-state index contributed by atoms with van der Waals surface area (Å²) in [6.45, 7) is 7.32. The first-order valence-electron chi connectivity index (χ1n) is 10.6. The highest BCUT2D eigenvalue weighted by Gasteiger charge is 2.35. The highest BCUT2D eigenvalue weighted by atomic mass is 16.3. The average Bonchev–Trinajstić information content (AvgIpc) is 3.22. The van der Waals surface area contributed by atoms with Crippen LogP contribution >= 0.6 is 0 Å². The van der Waals surface area contributed by atoms with Gasteiger partial charge < -0.3 is 19.8 Å². The Morgan fingerprint density at radius 3 is 2.47 bits per heavy atom. The van der Waals surface area contributed by atoms with Crippen LogP contribution in [0.1, 0.15) is 42.2 Å². The Labute approximate surface area is 177 Å². The van der Waals surface area contributed by atoms with E-state index in [1.165, 1.54) is 13.8 Å². The predicted molar refractivity (Wildman–Crippen MR) is 115 cm³/mol. The van der Waals surface area contributed by atoms with Gasteiger partial charge in [-0.25, -0.2) is 0 Å². The van der Waals surface area contributed by atoms with Crippen molar-refractivity contribution in [2.75, 3.05) is 46.3 Å². The van der Waals surface area contributed by atoms with Gasteiger partial charge in [0.1, 0.15) is 5.60 Å². The van der Waals surface area contributed by atoms with Crippen molar-refractivity contribution < 1.29 is 14.7 Å². The van der Waals surface area contributed by atoms with Gasteiger partial charge in [-0.1, -0.05) is 18.2 Å². The number of amides is 2. The van der Waals surface area contributed by atoms with Crippen LogP contribution in [-0.2, 0) is 4.79 Å². The molecule has 7 heteroatoms. The first-order chi connectivity index (χ1) is 14.2. The van der Waals surface area contributed by atoms with Crippen LogP contribution in [0, 0.1) is 0 Å². The van der Waals surface area contributed by atoms with Gasteiger partial charge in [0.05, 0.1) is 11.1 Å². The van der Waals surface area contributed by atoms with E-state index in [0.29, 0.717) is 18.7 Å². The topological polar surface area (TPSA) is 77.0 Å². The fourth-order valence-electron chi connectivity index (χ4n) is 4.33. The molecule has 0 saturated carbocycles. The number of fused-ring (bicyclic) bond motifs is 1. The van der Waals surface area contributed by atoms with E-state index in [2.05, 4.69) is 11.9 Å². The molecule has 7 nitrogen and oxygen atoms in total. The molecule has 4 rings (SSSR count). The van der Waals surface area contributed by atoms with Crippen molar-refractivity contribution in [1.82, 2.24) is 19.7 Å². The summed E-state index contributed by atoms with van der Waals surface area (Å²) in [7, 11) is 2.07. The quantitative estimate of drug-likeness (QED) is 0.834. The van der Waals surface area contributed by atoms with Crippen molar-refractivity contribution in [3.8, 4) is 0 Å². The number of likely N-dealkylation sites (N-methyl/N-ethyl adjacent to an activating group) is 1. The van der Waals surface area contributed by atoms with Crippen molar-refractivity contribution in [2.24, 2.45) is 0 Å². The largest absolute Gasteiger partial charge is 0.381 e. The summed E-state index contributed by atoms with van der Waals surface area (Å²) in [6, 6.07) is 9.68. The molecule has 2 fully saturated rings. The maximum Gasteiger partial charge on any atom is 0.254 e. The third kappa shape index (κ3) is 4.04. The lowest BCUT2D eigenvalue weighted by atomic mass is 9.98. The van der Waals surface area contributed by atoms with E-state index >= 15 is 0 Å². The summed E-state index contributed by atoms with van der Waals surface area (Å²) in [5.41, 5.74) is 0.957. The molecule has 2 aromatic rings. The van der Waals surface area contributed by atoms with Crippen LogP contribution in [0.4, 0.5) is 0 Å². The molecule has 0 aliphatic carbocycles. The highest BCUT2D eigenvalue weighted by molar-refractivity contribution is 6.06. The number of nitrogens with zero attached hydrogens (tertiary/aromatic N) is 4. The van der Waals surface area contributed by atoms with E-state index in [4.69, 9.17) is 4.98 Å². The summed E-state index contributed by atoms with van der Waals surface area (Å²) in [4.78, 5) is 36.5. The number of benzene rings is 1. The van der Waals surface area contributed by atoms with E-state index in [9.17, 15) is 14.7 Å². The molecule has 2 saturated heterocycles. The number of carbonyl (C=O) groups is 2. The third-order valence-corrected chi connectivity index (χ3v) is 6.17. The number of piperazine rings is 1. The Hall–Kier alpha value is -2.51. The van der Waals surface area contributed by atoms with E-state index in [0.717, 1.165) is 49.2 Å². The number of hydrogen-bond donors (Lipinski definition) is 1. The van der Waals surface area contributed by atoms with E-state index in [1.807, 2.05) is 35.2 Å². The Morgan fingerprint density at radius 2 is 1.77 bits per heavy atom. The van der Waals surface area contributed by atoms with Gasteiger partial charge in [-0.15, -0.1) is 0 Å². The number of likely N-dealkylation sites (tertiary alicyclic amines) is 1. The Balaban J connectivity index is 1.64. The Kier molecular flexibility index (Phi) is 5.51. The van der Waals surface area contributed by atoms with Gasteiger partial charge in [0, 0.05) is 56.3 Å². The zero-order valence-corrected chi connectivity index (χ0v) is 18.0. The second-order valence-corrected chi connectivity index (χ2v) is 9.00. The molecule has 160 valence electrons. The van der Waals surface area contributed by atoms with E-state index < -0.39 is 5.60 Å². The Bertz CT molecular complexity index is 961. The lowest BCUT2D eigenvalue weighted by molar-refractivity contribution is -0.146. The summed E-state index contributed by atoms with van der Waals surface area (Å²) >= 11 is 0. The fraction of sp³-hybridized carbons (Fsp3) is 0.522. The van der Waals surface area contributed by atoms with Gasteiger partial charge >= 0.3 is 0 Å². The van der Waals surface area contributed by atoms with Gasteiger partial charge in [-0.3, -0.25) is 14.6 Å². The summed E-state index contributed by atoms with van der Waals surface area (Å²) in [6.07, 6.45) is 0.773. The average molecular weight is 411 g/mol. The molecule has 30 heavy (non-hydrogen) atoms. The summed E-state index contributed by atoms with van der Waals surface area (Å²) < 4.78 is 0. The first kappa shape index (κ1) is 20.8. The SMILES string of the molecule is CN1CCN(C(=O)c2cc(C3CCN(C(=O)C(C)(C)O)C3)nc3ccccc23)CC1. The lowest BCUT2D eigenvalue weighted by Gasteiger charge is -2.32. The lowest BCUT2D eigenvalue weighted by Crippen LogP contribution is -2.47. The van der Waals surface area contributed by atoms with E-state index in [-0.39, 0.29) is 17.7 Å². The van der Waals surface area contributed by atoms with Crippen LogP contribution in [0.15, 0.2) is 30.3 Å². The van der Waals surface area contributed by atoms with Crippen molar-refractivity contribution in [3.05, 3.63) is 41.6 Å². The zero-order valence-electron chi connectivity index (χ0n) is 18.0. The van der Waals surface area contributed by atoms with Gasteiger partial charge in [-0.2, -0.15) is 0 Å². The molecule has 1 unspecified atom stereocenters. The molecule has 0 bridgehead atoms. The molecular weight excluding hydrogens is 380 g/mol. The van der Waals surface area contributed by atoms with Crippen LogP contribution in [0.3, 0.4) is 0 Å². The van der Waals surface area contributed by atoms with Crippen LogP contribution in [-0.4, -0.2) is 88.5 Å². The van der Waals surface area contributed by atoms with Crippen LogP contribution in [0.5, 0.6) is 0 Å². The minimum absolute atomic E-state index is 0.0466. The van der Waals surface area contributed by atoms with Gasteiger partial charge in [0.25, 0.3) is 11.8 Å². The Morgan fingerprint density at radius 1 is 1.07 bits per heavy atom. The molecule has 1 aromatic heterocycles. The number of hydrogen-bond acceptors (Lipinski definition) is 5. The molecule has 0 radical (unpaired) electrons. The smallest absolute Gasteiger partial charge is 0.254 e. The number of rotatable bonds is 3. The van der Waals surface area contributed by atoms with Crippen molar-refractivity contribution in [1.29, 1.82) is 0 Å². The number of aromatic nitrogens is 1. The monoisotopic (exact) mass is 410 g/mol. The number of carbonyl (C=O) groups excluding carboxylic acids is 2. The molecule has 2 amide bonds. The molecule has 2 aliphatic rings. The molecule has 1 atom stereocenters. The molecule has 1 aromatic carbocycles. The number of pyridine rings is 1. The number of aliphatic hydroxyl groups is 1. The number of para-hydroxylation sites is 1. The fourth-order valence-corrected chi connectivity index (χ4v) is 4.33. The second kappa shape index (κ2) is 7.96. The second-order valence-electron chi connectivity index (χ2n) is 9.00. The summed E-state index contributed by atoms with van der Waals surface area (Å²) in [5.74, 6) is -0.162. The minimum Gasteiger partial charge on any atom is -0.381 e. The van der Waals surface area contributed by atoms with Gasteiger partial charge in [-0.05, 0) is 39.4 Å². The molecular formula is C23H30N4O3. The highest BCUT2D eigenvalue weighted by Crippen LogP contribution is 2.31. The van der Waals surface area contributed by atoms with Gasteiger partial charge in [0.2, 0.25) is 0 Å². The molecule has 0 spiro atoms. The maximum atomic E-state index is 13.4. The maximum absolute atomic E-state index is 13.4. The van der Waals surface area contributed by atoms with Crippen molar-refractivity contribution >= 4 is 22.7 Å². The molecule has 1 N–H and O–H groups in total. The first-order valence-corrected chi connectivity index (χ1v) is 10.6. The zero-order chi connectivity index (χ0) is 21.5. The predicted octanol–water partition coefficient (Wildman–Crippen LogP) is 1.71. The van der Waals surface area contributed by atoms with Crippen LogP contribution in [0.25, 0.3) is 10.9 Å². The normalized spacial score (nSPS) is 20.7. The minimum atomic E-state index is -1.38. The van der Waals surface area contributed by atoms with E-state index in [1.54, 1.807) is 4.90 Å². The standard InChI is InChI=1S/C23H30N4O3/c1-23(2,30)22(29)27-9-8-16(15-27)20-14-18(17-6-4-5-7-19(17)24-20)21(28)26-12-10-25(3)11-13-26/h4-7,14,16,30H,8-13,15H2,1-3H3. The van der Waals surface area contributed by atoms with Crippen molar-refractivity contribution in [3.63, 3.8) is 0 Å². The van der Waals surface area contributed by atoms with Gasteiger partial charge in [0.15, 0.2) is 0 Å². The van der Waals surface area contributed by atoms with Crippen molar-refractivity contribution in [2.45, 2.75) is 31.8 Å². The van der Waals surface area contributed by atoms with Crippen LogP contribution < -0.4 is 0 Å².